The standard InChI is InChI=1S/C18H28O3/c1-5-6-9-18(3,4)16(19)8-7-13-12(2)10-15-14(13)11-17(20)21-15/h7-8,12-15H,5-6,9-11H2,1-4H3/b8-7+/t12-,13+,14-,15+/m1/s1. The van der Waals surface area contributed by atoms with Crippen LogP contribution in [0.1, 0.15) is 59.8 Å². The maximum atomic E-state index is 12.4. The van der Waals surface area contributed by atoms with Crippen LogP contribution in [0, 0.1) is 23.2 Å². The Morgan fingerprint density at radius 1 is 1.43 bits per heavy atom. The van der Waals surface area contributed by atoms with Gasteiger partial charge in [0.15, 0.2) is 5.78 Å². The zero-order chi connectivity index (χ0) is 15.6. The molecule has 1 aliphatic heterocycles. The summed E-state index contributed by atoms with van der Waals surface area (Å²) in [6.45, 7) is 8.39. The molecule has 0 aromatic rings. The van der Waals surface area contributed by atoms with Gasteiger partial charge in [-0.1, -0.05) is 46.6 Å². The summed E-state index contributed by atoms with van der Waals surface area (Å²) >= 11 is 0. The highest BCUT2D eigenvalue weighted by molar-refractivity contribution is 5.94. The Labute approximate surface area is 128 Å². The summed E-state index contributed by atoms with van der Waals surface area (Å²) in [4.78, 5) is 23.8. The third-order valence-corrected chi connectivity index (χ3v) is 5.21. The maximum absolute atomic E-state index is 12.4. The van der Waals surface area contributed by atoms with Crippen LogP contribution in [0.25, 0.3) is 0 Å². The lowest BCUT2D eigenvalue weighted by Gasteiger charge is -2.22. The highest BCUT2D eigenvalue weighted by Gasteiger charge is 2.47. The molecule has 0 N–H and O–H groups in total. The van der Waals surface area contributed by atoms with Crippen LogP contribution >= 0.6 is 0 Å². The first kappa shape index (κ1) is 16.3. The van der Waals surface area contributed by atoms with Crippen molar-refractivity contribution in [1.29, 1.82) is 0 Å². The fourth-order valence-electron chi connectivity index (χ4n) is 3.68. The summed E-state index contributed by atoms with van der Waals surface area (Å²) in [7, 11) is 0. The molecule has 0 spiro atoms. The van der Waals surface area contributed by atoms with Crippen LogP contribution in [-0.2, 0) is 14.3 Å². The Morgan fingerprint density at radius 3 is 2.81 bits per heavy atom. The van der Waals surface area contributed by atoms with Crippen molar-refractivity contribution in [1.82, 2.24) is 0 Å². The summed E-state index contributed by atoms with van der Waals surface area (Å²) in [5.41, 5.74) is -0.282. The van der Waals surface area contributed by atoms with Gasteiger partial charge in [-0.05, 0) is 30.8 Å². The number of hydrogen-bond acceptors (Lipinski definition) is 3. The monoisotopic (exact) mass is 292 g/mol. The van der Waals surface area contributed by atoms with E-state index < -0.39 is 0 Å². The lowest BCUT2D eigenvalue weighted by atomic mass is 9.81. The SMILES string of the molecule is CCCCC(C)(C)C(=O)/C=C/[C@@H]1[C@H]2CC(=O)O[C@H]2C[C@H]1C. The number of hydrogen-bond donors (Lipinski definition) is 0. The Kier molecular flexibility index (Phi) is 4.90. The van der Waals surface area contributed by atoms with Crippen molar-refractivity contribution in [2.45, 2.75) is 65.9 Å². The normalized spacial score (nSPS) is 32.5. The lowest BCUT2D eigenvalue weighted by molar-refractivity contribution is -0.141. The molecule has 2 fully saturated rings. The van der Waals surface area contributed by atoms with Crippen molar-refractivity contribution in [2.75, 3.05) is 0 Å². The third-order valence-electron chi connectivity index (χ3n) is 5.21. The zero-order valence-corrected chi connectivity index (χ0v) is 13.7. The number of unbranched alkanes of at least 4 members (excludes halogenated alkanes) is 1. The van der Waals surface area contributed by atoms with E-state index in [2.05, 4.69) is 13.8 Å². The molecule has 21 heavy (non-hydrogen) atoms. The van der Waals surface area contributed by atoms with Gasteiger partial charge in [0.25, 0.3) is 0 Å². The first-order valence-electron chi connectivity index (χ1n) is 8.27. The van der Waals surface area contributed by atoms with E-state index in [1.54, 1.807) is 6.08 Å². The Hall–Kier alpha value is -1.12. The molecule has 1 saturated heterocycles. The predicted molar refractivity (Wildman–Crippen MR) is 82.7 cm³/mol. The summed E-state index contributed by atoms with van der Waals surface area (Å²) in [5, 5.41) is 0. The topological polar surface area (TPSA) is 43.4 Å². The quantitative estimate of drug-likeness (QED) is 0.550. The first-order chi connectivity index (χ1) is 9.85. The highest BCUT2D eigenvalue weighted by atomic mass is 16.6. The molecule has 0 aromatic carbocycles. The lowest BCUT2D eigenvalue weighted by Crippen LogP contribution is -2.23. The molecule has 0 radical (unpaired) electrons. The van der Waals surface area contributed by atoms with Gasteiger partial charge in [0.2, 0.25) is 0 Å². The Bertz CT molecular complexity index is 436. The van der Waals surface area contributed by atoms with E-state index in [-0.39, 0.29) is 29.2 Å². The van der Waals surface area contributed by atoms with E-state index in [4.69, 9.17) is 4.74 Å². The van der Waals surface area contributed by atoms with E-state index >= 15 is 0 Å². The van der Waals surface area contributed by atoms with E-state index in [0.717, 1.165) is 25.7 Å². The molecule has 118 valence electrons. The predicted octanol–water partition coefficient (Wildman–Crippen LogP) is 3.92. The van der Waals surface area contributed by atoms with Gasteiger partial charge < -0.3 is 4.74 Å². The number of esters is 1. The second-order valence-electron chi connectivity index (χ2n) is 7.40. The van der Waals surface area contributed by atoms with Crippen molar-refractivity contribution < 1.29 is 14.3 Å². The minimum absolute atomic E-state index is 0.0744. The Balaban J connectivity index is 1.99. The van der Waals surface area contributed by atoms with Crippen molar-refractivity contribution in [3.63, 3.8) is 0 Å². The van der Waals surface area contributed by atoms with Crippen molar-refractivity contribution in [3.05, 3.63) is 12.2 Å². The third kappa shape index (κ3) is 3.56. The van der Waals surface area contributed by atoms with E-state index in [0.29, 0.717) is 18.3 Å². The van der Waals surface area contributed by atoms with Gasteiger partial charge in [-0.25, -0.2) is 0 Å². The number of ether oxygens (including phenoxy) is 1. The molecule has 1 saturated carbocycles. The van der Waals surface area contributed by atoms with Crippen LogP contribution in [-0.4, -0.2) is 17.9 Å². The van der Waals surface area contributed by atoms with Gasteiger partial charge in [0.05, 0.1) is 6.42 Å². The van der Waals surface area contributed by atoms with Crippen LogP contribution < -0.4 is 0 Å². The number of rotatable bonds is 6. The maximum Gasteiger partial charge on any atom is 0.306 e. The zero-order valence-electron chi connectivity index (χ0n) is 13.7. The number of carbonyl (C=O) groups excluding carboxylic acids is 2. The average Bonchev–Trinajstić information content (AvgIpc) is 2.89. The van der Waals surface area contributed by atoms with Crippen molar-refractivity contribution in [3.8, 4) is 0 Å². The van der Waals surface area contributed by atoms with Crippen LogP contribution in [0.5, 0.6) is 0 Å². The van der Waals surface area contributed by atoms with E-state index in [1.807, 2.05) is 19.9 Å². The number of fused-ring (bicyclic) bond motifs is 1. The molecule has 4 atom stereocenters. The molecule has 2 rings (SSSR count). The number of ketones is 1. The minimum Gasteiger partial charge on any atom is -0.462 e. The summed E-state index contributed by atoms with van der Waals surface area (Å²) in [6, 6.07) is 0. The van der Waals surface area contributed by atoms with Gasteiger partial charge in [0, 0.05) is 11.3 Å². The molecular weight excluding hydrogens is 264 g/mol. The summed E-state index contributed by atoms with van der Waals surface area (Å²) < 4.78 is 5.36. The second-order valence-corrected chi connectivity index (χ2v) is 7.40. The van der Waals surface area contributed by atoms with Gasteiger partial charge in [-0.3, -0.25) is 9.59 Å². The van der Waals surface area contributed by atoms with Crippen LogP contribution in [0.3, 0.4) is 0 Å². The number of allylic oxidation sites excluding steroid dienone is 2. The molecule has 3 heteroatoms. The first-order valence-corrected chi connectivity index (χ1v) is 8.27. The van der Waals surface area contributed by atoms with Crippen molar-refractivity contribution >= 4 is 11.8 Å². The molecule has 1 heterocycles. The Morgan fingerprint density at radius 2 is 2.14 bits per heavy atom. The summed E-state index contributed by atoms with van der Waals surface area (Å²) in [6.07, 6.45) is 8.46. The van der Waals surface area contributed by atoms with Gasteiger partial charge >= 0.3 is 5.97 Å². The highest BCUT2D eigenvalue weighted by Crippen LogP contribution is 2.45. The minimum atomic E-state index is -0.282. The van der Waals surface area contributed by atoms with Gasteiger partial charge in [-0.2, -0.15) is 0 Å². The molecule has 0 amide bonds. The van der Waals surface area contributed by atoms with Crippen molar-refractivity contribution in [2.24, 2.45) is 23.2 Å². The van der Waals surface area contributed by atoms with E-state index in [9.17, 15) is 9.59 Å². The van der Waals surface area contributed by atoms with Crippen LogP contribution in [0.4, 0.5) is 0 Å². The van der Waals surface area contributed by atoms with E-state index in [1.165, 1.54) is 0 Å². The summed E-state index contributed by atoms with van der Waals surface area (Å²) in [5.74, 6) is 1.18. The molecule has 0 unspecified atom stereocenters. The smallest absolute Gasteiger partial charge is 0.306 e. The molecule has 2 aliphatic rings. The fourth-order valence-corrected chi connectivity index (χ4v) is 3.68. The second kappa shape index (κ2) is 6.33. The van der Waals surface area contributed by atoms with Gasteiger partial charge in [-0.15, -0.1) is 0 Å². The largest absolute Gasteiger partial charge is 0.462 e. The molecule has 0 bridgehead atoms. The van der Waals surface area contributed by atoms with Crippen LogP contribution in [0.15, 0.2) is 12.2 Å². The molecule has 3 nitrogen and oxygen atoms in total. The molecular formula is C18H28O3. The van der Waals surface area contributed by atoms with Crippen LogP contribution in [0.2, 0.25) is 0 Å². The number of carbonyl (C=O) groups is 2. The molecule has 1 aliphatic carbocycles. The van der Waals surface area contributed by atoms with Gasteiger partial charge in [0.1, 0.15) is 6.10 Å². The molecule has 0 aromatic heterocycles. The average molecular weight is 292 g/mol. The fraction of sp³-hybridized carbons (Fsp3) is 0.778.